The quantitative estimate of drug-likeness (QED) is 0.681. The van der Waals surface area contributed by atoms with Crippen LogP contribution in [0.2, 0.25) is 0 Å². The molecule has 1 aliphatic carbocycles. The molecule has 1 saturated carbocycles. The van der Waals surface area contributed by atoms with Crippen molar-refractivity contribution < 1.29 is 22.7 Å². The van der Waals surface area contributed by atoms with Gasteiger partial charge in [-0.3, -0.25) is 9.59 Å². The van der Waals surface area contributed by atoms with Gasteiger partial charge in [-0.2, -0.15) is 4.31 Å². The molecule has 7 nitrogen and oxygen atoms in total. The van der Waals surface area contributed by atoms with E-state index in [2.05, 4.69) is 19.2 Å². The minimum absolute atomic E-state index is 0.215. The third-order valence-corrected chi connectivity index (χ3v) is 7.47. The van der Waals surface area contributed by atoms with E-state index in [0.29, 0.717) is 18.8 Å². The number of nitrogens with zero attached hydrogens (tertiary/aromatic N) is 1. The van der Waals surface area contributed by atoms with E-state index in [4.69, 9.17) is 4.74 Å². The van der Waals surface area contributed by atoms with Crippen LogP contribution < -0.4 is 5.32 Å². The molecular weight excluding hydrogens is 392 g/mol. The molecule has 0 spiro atoms. The summed E-state index contributed by atoms with van der Waals surface area (Å²) in [6, 6.07) is 7.19. The van der Waals surface area contributed by atoms with Gasteiger partial charge in [0.2, 0.25) is 10.0 Å². The molecule has 8 heteroatoms. The van der Waals surface area contributed by atoms with Gasteiger partial charge in [-0.1, -0.05) is 26.0 Å². The molecule has 3 rings (SSSR count). The minimum atomic E-state index is -3.58. The smallest absolute Gasteiger partial charge is 0.309 e. The molecule has 1 amide bonds. The van der Waals surface area contributed by atoms with Crippen LogP contribution in [-0.4, -0.2) is 49.8 Å². The molecule has 0 radical (unpaired) electrons. The lowest BCUT2D eigenvalue weighted by atomic mass is 9.98. The Labute approximate surface area is 172 Å². The molecule has 2 aliphatic rings. The molecule has 29 heavy (non-hydrogen) atoms. The molecule has 0 aromatic heterocycles. The Bertz CT molecular complexity index is 838. The van der Waals surface area contributed by atoms with Crippen LogP contribution in [0.15, 0.2) is 29.2 Å². The van der Waals surface area contributed by atoms with Crippen molar-refractivity contribution in [1.82, 2.24) is 9.62 Å². The number of ether oxygens (including phenoxy) is 1. The highest BCUT2D eigenvalue weighted by molar-refractivity contribution is 7.89. The van der Waals surface area contributed by atoms with Crippen molar-refractivity contribution in [3.05, 3.63) is 29.8 Å². The van der Waals surface area contributed by atoms with E-state index in [0.717, 1.165) is 18.4 Å². The number of amides is 1. The molecule has 1 aromatic rings. The maximum absolute atomic E-state index is 12.9. The average Bonchev–Trinajstić information content (AvgIpc) is 3.52. The van der Waals surface area contributed by atoms with Gasteiger partial charge in [-0.05, 0) is 56.2 Å². The molecule has 1 N–H and O–H groups in total. The SMILES string of the molecule is CC(OC(=O)C1CCN(S(=O)(=O)c2ccc(C(C)C)cc2)CC1)C(=O)NC1CC1. The number of esters is 1. The molecule has 1 heterocycles. The first-order chi connectivity index (χ1) is 13.7. The fourth-order valence-electron chi connectivity index (χ4n) is 3.38. The Balaban J connectivity index is 1.53. The average molecular weight is 423 g/mol. The molecule has 0 bridgehead atoms. The number of nitrogens with one attached hydrogen (secondary N) is 1. The summed E-state index contributed by atoms with van der Waals surface area (Å²) >= 11 is 0. The molecule has 1 saturated heterocycles. The summed E-state index contributed by atoms with van der Waals surface area (Å²) in [7, 11) is -3.58. The molecule has 1 aromatic carbocycles. The number of carbonyl (C=O) groups is 2. The van der Waals surface area contributed by atoms with E-state index < -0.39 is 22.1 Å². The zero-order chi connectivity index (χ0) is 21.2. The van der Waals surface area contributed by atoms with Gasteiger partial charge in [-0.15, -0.1) is 0 Å². The fraction of sp³-hybridized carbons (Fsp3) is 0.619. The van der Waals surface area contributed by atoms with Crippen LogP contribution in [0, 0.1) is 5.92 Å². The number of hydrogen-bond acceptors (Lipinski definition) is 5. The van der Waals surface area contributed by atoms with Crippen molar-refractivity contribution in [3.8, 4) is 0 Å². The summed E-state index contributed by atoms with van der Waals surface area (Å²) in [4.78, 5) is 24.6. The summed E-state index contributed by atoms with van der Waals surface area (Å²) < 4.78 is 32.5. The Kier molecular flexibility index (Phi) is 6.63. The summed E-state index contributed by atoms with van der Waals surface area (Å²) in [5.41, 5.74) is 1.09. The summed E-state index contributed by atoms with van der Waals surface area (Å²) in [5.74, 6) is -0.754. The van der Waals surface area contributed by atoms with Crippen LogP contribution in [0.1, 0.15) is 57.9 Å². The summed E-state index contributed by atoms with van der Waals surface area (Å²) in [6.07, 6.45) is 1.89. The number of rotatable bonds is 7. The predicted octanol–water partition coefficient (Wildman–Crippen LogP) is 2.42. The van der Waals surface area contributed by atoms with Crippen LogP contribution in [0.5, 0.6) is 0 Å². The second-order valence-electron chi connectivity index (χ2n) is 8.26. The van der Waals surface area contributed by atoms with Gasteiger partial charge in [0.1, 0.15) is 0 Å². The van der Waals surface area contributed by atoms with Gasteiger partial charge >= 0.3 is 5.97 Å². The van der Waals surface area contributed by atoms with Crippen molar-refractivity contribution in [2.45, 2.75) is 69.4 Å². The van der Waals surface area contributed by atoms with Crippen LogP contribution in [-0.2, 0) is 24.3 Å². The number of carbonyl (C=O) groups excluding carboxylic acids is 2. The highest BCUT2D eigenvalue weighted by Crippen LogP contribution is 2.26. The van der Waals surface area contributed by atoms with Gasteiger partial charge in [0.05, 0.1) is 10.8 Å². The van der Waals surface area contributed by atoms with E-state index in [1.807, 2.05) is 12.1 Å². The van der Waals surface area contributed by atoms with E-state index in [1.165, 1.54) is 4.31 Å². The number of piperidine rings is 1. The van der Waals surface area contributed by atoms with Crippen LogP contribution in [0.4, 0.5) is 0 Å². The second kappa shape index (κ2) is 8.83. The summed E-state index contributed by atoms with van der Waals surface area (Å²) in [5, 5.41) is 2.81. The zero-order valence-electron chi connectivity index (χ0n) is 17.3. The van der Waals surface area contributed by atoms with E-state index >= 15 is 0 Å². The topological polar surface area (TPSA) is 92.8 Å². The minimum Gasteiger partial charge on any atom is -0.452 e. The van der Waals surface area contributed by atoms with Crippen LogP contribution >= 0.6 is 0 Å². The number of benzene rings is 1. The zero-order valence-corrected chi connectivity index (χ0v) is 18.1. The van der Waals surface area contributed by atoms with Crippen molar-refractivity contribution in [1.29, 1.82) is 0 Å². The van der Waals surface area contributed by atoms with E-state index in [9.17, 15) is 18.0 Å². The Morgan fingerprint density at radius 3 is 2.14 bits per heavy atom. The molecule has 1 unspecified atom stereocenters. The largest absolute Gasteiger partial charge is 0.452 e. The Morgan fingerprint density at radius 2 is 1.62 bits per heavy atom. The lowest BCUT2D eigenvalue weighted by Gasteiger charge is -2.30. The maximum Gasteiger partial charge on any atom is 0.309 e. The van der Waals surface area contributed by atoms with Gasteiger partial charge in [0.25, 0.3) is 5.91 Å². The first-order valence-corrected chi connectivity index (χ1v) is 11.7. The van der Waals surface area contributed by atoms with Crippen molar-refractivity contribution in [3.63, 3.8) is 0 Å². The normalized spacial score (nSPS) is 19.7. The van der Waals surface area contributed by atoms with Crippen LogP contribution in [0.3, 0.4) is 0 Å². The highest BCUT2D eigenvalue weighted by Gasteiger charge is 2.34. The summed E-state index contributed by atoms with van der Waals surface area (Å²) in [6.45, 7) is 6.21. The van der Waals surface area contributed by atoms with Crippen molar-refractivity contribution >= 4 is 21.9 Å². The van der Waals surface area contributed by atoms with Crippen LogP contribution in [0.25, 0.3) is 0 Å². The number of sulfonamides is 1. The third-order valence-electron chi connectivity index (χ3n) is 5.56. The lowest BCUT2D eigenvalue weighted by Crippen LogP contribution is -2.42. The van der Waals surface area contributed by atoms with Gasteiger partial charge in [-0.25, -0.2) is 8.42 Å². The molecule has 1 aliphatic heterocycles. The standard InChI is InChI=1S/C21H30N2O5S/c1-14(2)16-4-8-19(9-5-16)29(26,27)23-12-10-17(11-13-23)21(25)28-15(3)20(24)22-18-6-7-18/h4-5,8-9,14-15,17-18H,6-7,10-13H2,1-3H3,(H,22,24). The first-order valence-electron chi connectivity index (χ1n) is 10.3. The fourth-order valence-corrected chi connectivity index (χ4v) is 4.85. The van der Waals surface area contributed by atoms with Gasteiger partial charge < -0.3 is 10.1 Å². The van der Waals surface area contributed by atoms with Crippen molar-refractivity contribution in [2.24, 2.45) is 5.92 Å². The number of hydrogen-bond donors (Lipinski definition) is 1. The monoisotopic (exact) mass is 422 g/mol. The Hall–Kier alpha value is -1.93. The second-order valence-corrected chi connectivity index (χ2v) is 10.2. The maximum atomic E-state index is 12.9. The molecule has 160 valence electrons. The predicted molar refractivity (Wildman–Crippen MR) is 109 cm³/mol. The highest BCUT2D eigenvalue weighted by atomic mass is 32.2. The van der Waals surface area contributed by atoms with Gasteiger partial charge in [0.15, 0.2) is 6.10 Å². The van der Waals surface area contributed by atoms with E-state index in [-0.39, 0.29) is 35.9 Å². The molecule has 2 fully saturated rings. The molecular formula is C21H30N2O5S. The Morgan fingerprint density at radius 1 is 1.03 bits per heavy atom. The molecule has 1 atom stereocenters. The third kappa shape index (κ3) is 5.36. The van der Waals surface area contributed by atoms with Crippen molar-refractivity contribution in [2.75, 3.05) is 13.1 Å². The lowest BCUT2D eigenvalue weighted by molar-refractivity contribution is -0.159. The first kappa shape index (κ1) is 21.8. The van der Waals surface area contributed by atoms with Gasteiger partial charge in [0, 0.05) is 19.1 Å². The van der Waals surface area contributed by atoms with E-state index in [1.54, 1.807) is 19.1 Å².